The molecule has 0 aliphatic heterocycles. The lowest BCUT2D eigenvalue weighted by Crippen LogP contribution is -2.30. The Hall–Kier alpha value is -2.86. The Morgan fingerprint density at radius 3 is 2.66 bits per heavy atom. The van der Waals surface area contributed by atoms with Crippen LogP contribution in [-0.4, -0.2) is 22.3 Å². The van der Waals surface area contributed by atoms with Crippen molar-refractivity contribution in [3.63, 3.8) is 0 Å². The molecule has 3 aromatic rings. The van der Waals surface area contributed by atoms with Gasteiger partial charge in [-0.05, 0) is 78.0 Å². The Kier molecular flexibility index (Phi) is 6.54. The van der Waals surface area contributed by atoms with E-state index >= 15 is 0 Å². The lowest BCUT2D eigenvalue weighted by Gasteiger charge is -2.15. The number of amides is 1. The van der Waals surface area contributed by atoms with Crippen molar-refractivity contribution >= 4 is 23.3 Å². The van der Waals surface area contributed by atoms with Crippen molar-refractivity contribution < 1.29 is 14.2 Å². The first kappa shape index (κ1) is 20.9. The molecule has 0 saturated carbocycles. The molecule has 0 bridgehead atoms. The van der Waals surface area contributed by atoms with Gasteiger partial charge in [0.25, 0.3) is 5.91 Å². The van der Waals surface area contributed by atoms with Crippen LogP contribution in [0.4, 0.5) is 5.82 Å². The van der Waals surface area contributed by atoms with E-state index in [1.54, 1.807) is 25.1 Å². The second-order valence-electron chi connectivity index (χ2n) is 6.82. The maximum Gasteiger partial charge on any atom is 0.266 e. The molecule has 1 unspecified atom stereocenters. The van der Waals surface area contributed by atoms with E-state index in [0.29, 0.717) is 16.5 Å². The van der Waals surface area contributed by atoms with Gasteiger partial charge in [-0.2, -0.15) is 0 Å². The summed E-state index contributed by atoms with van der Waals surface area (Å²) in [7, 11) is 0. The van der Waals surface area contributed by atoms with Crippen molar-refractivity contribution in [1.82, 2.24) is 10.3 Å². The molecule has 1 heterocycles. The fourth-order valence-corrected chi connectivity index (χ4v) is 3.10. The molecule has 1 amide bonds. The molecule has 6 nitrogen and oxygen atoms in total. The molecule has 0 spiro atoms. The highest BCUT2D eigenvalue weighted by atomic mass is 35.5. The smallest absolute Gasteiger partial charge is 0.266 e. The third kappa shape index (κ3) is 4.77. The Morgan fingerprint density at radius 1 is 1.17 bits per heavy atom. The number of carbonyl (C=O) groups excluding carboxylic acids is 1. The highest BCUT2D eigenvalue weighted by Crippen LogP contribution is 2.30. The minimum Gasteiger partial charge on any atom is -0.481 e. The number of hydrogen-bond acceptors (Lipinski definition) is 5. The summed E-state index contributed by atoms with van der Waals surface area (Å²) in [5.74, 6) is 0.497. The molecular weight excluding hydrogens is 390 g/mol. The molecular formula is C22H24ClN3O3. The third-order valence-electron chi connectivity index (χ3n) is 4.76. The van der Waals surface area contributed by atoms with Gasteiger partial charge in [-0.15, -0.1) is 0 Å². The molecule has 1 aromatic heterocycles. The summed E-state index contributed by atoms with van der Waals surface area (Å²) >= 11 is 6.04. The maximum atomic E-state index is 12.7. The first-order valence-electron chi connectivity index (χ1n) is 9.61. The van der Waals surface area contributed by atoms with Gasteiger partial charge in [-0.3, -0.25) is 4.79 Å². The van der Waals surface area contributed by atoms with Gasteiger partial charge in [0.1, 0.15) is 5.75 Å². The third-order valence-corrected chi connectivity index (χ3v) is 5.18. The highest BCUT2D eigenvalue weighted by Gasteiger charge is 2.22. The van der Waals surface area contributed by atoms with Gasteiger partial charge >= 0.3 is 0 Å². The molecule has 29 heavy (non-hydrogen) atoms. The minimum atomic E-state index is -0.743. The number of nitrogens with one attached hydrogen (secondary N) is 1. The average molecular weight is 414 g/mol. The molecule has 0 saturated heterocycles. The number of nitrogens with zero attached hydrogens (tertiary/aromatic N) is 2. The number of hydrogen-bond donors (Lipinski definition) is 1. The largest absolute Gasteiger partial charge is 0.481 e. The zero-order valence-electron chi connectivity index (χ0n) is 17.0. The Bertz CT molecular complexity index is 1020. The van der Waals surface area contributed by atoms with Crippen LogP contribution in [0.15, 0.2) is 41.0 Å². The number of aryl methyl sites for hydroxylation is 3. The van der Waals surface area contributed by atoms with Crippen molar-refractivity contribution in [3.8, 4) is 17.0 Å². The van der Waals surface area contributed by atoms with Crippen LogP contribution in [0, 0.1) is 6.92 Å². The van der Waals surface area contributed by atoms with Gasteiger partial charge in [-0.1, -0.05) is 37.6 Å². The minimum absolute atomic E-state index is 0.278. The molecule has 0 radical (unpaired) electrons. The van der Waals surface area contributed by atoms with Gasteiger partial charge in [0.15, 0.2) is 11.8 Å². The van der Waals surface area contributed by atoms with Gasteiger partial charge in [-0.25, -0.2) is 4.63 Å². The predicted octanol–water partition coefficient (Wildman–Crippen LogP) is 5.23. The Balaban J connectivity index is 1.79. The lowest BCUT2D eigenvalue weighted by molar-refractivity contribution is -0.122. The predicted molar refractivity (Wildman–Crippen MR) is 113 cm³/mol. The van der Waals surface area contributed by atoms with Crippen LogP contribution < -0.4 is 10.1 Å². The van der Waals surface area contributed by atoms with Crippen LogP contribution in [0.1, 0.15) is 37.5 Å². The SMILES string of the molecule is CCc1ccc(CC)c(-c2nonc2NC(=O)C(C)Oc2ccc(Cl)c(C)c2)c1. The van der Waals surface area contributed by atoms with Crippen LogP contribution in [-0.2, 0) is 17.6 Å². The lowest BCUT2D eigenvalue weighted by atomic mass is 9.98. The molecule has 0 fully saturated rings. The quantitative estimate of drug-likeness (QED) is 0.573. The van der Waals surface area contributed by atoms with E-state index in [1.165, 1.54) is 5.56 Å². The summed E-state index contributed by atoms with van der Waals surface area (Å²) in [5, 5.41) is 11.3. The summed E-state index contributed by atoms with van der Waals surface area (Å²) in [6, 6.07) is 11.5. The van der Waals surface area contributed by atoms with E-state index in [1.807, 2.05) is 6.92 Å². The van der Waals surface area contributed by atoms with Gasteiger partial charge in [0, 0.05) is 10.6 Å². The van der Waals surface area contributed by atoms with Gasteiger partial charge in [0.05, 0.1) is 0 Å². The van der Waals surface area contributed by atoms with E-state index in [4.69, 9.17) is 21.0 Å². The van der Waals surface area contributed by atoms with E-state index in [0.717, 1.165) is 29.5 Å². The van der Waals surface area contributed by atoms with E-state index in [2.05, 4.69) is 47.7 Å². The average Bonchev–Trinajstić information content (AvgIpc) is 3.18. The first-order chi connectivity index (χ1) is 13.9. The van der Waals surface area contributed by atoms with Crippen molar-refractivity contribution in [3.05, 3.63) is 58.1 Å². The monoisotopic (exact) mass is 413 g/mol. The fourth-order valence-electron chi connectivity index (χ4n) is 2.99. The van der Waals surface area contributed by atoms with Crippen LogP contribution in [0.2, 0.25) is 5.02 Å². The maximum absolute atomic E-state index is 12.7. The summed E-state index contributed by atoms with van der Waals surface area (Å²) in [6.07, 6.45) is 0.984. The first-order valence-corrected chi connectivity index (χ1v) is 9.99. The number of benzene rings is 2. The molecule has 0 aliphatic carbocycles. The molecule has 0 aliphatic rings. The molecule has 3 rings (SSSR count). The summed E-state index contributed by atoms with van der Waals surface area (Å²) < 4.78 is 10.7. The second kappa shape index (κ2) is 9.09. The Labute approximate surface area is 175 Å². The number of carbonyl (C=O) groups is 1. The Morgan fingerprint density at radius 2 is 1.97 bits per heavy atom. The standard InChI is InChI=1S/C22H24ClN3O3/c1-5-15-7-8-16(6-2)18(12-15)20-21(26-29-25-20)24-22(27)14(4)28-17-9-10-19(23)13(3)11-17/h7-12,14H,5-6H2,1-4H3,(H,24,26,27). The summed E-state index contributed by atoms with van der Waals surface area (Å²) in [5.41, 5.74) is 4.58. The highest BCUT2D eigenvalue weighted by molar-refractivity contribution is 6.31. The summed E-state index contributed by atoms with van der Waals surface area (Å²) in [4.78, 5) is 12.7. The van der Waals surface area contributed by atoms with Crippen molar-refractivity contribution in [2.45, 2.75) is 46.6 Å². The number of ether oxygens (including phenoxy) is 1. The van der Waals surface area contributed by atoms with Gasteiger partial charge < -0.3 is 10.1 Å². The van der Waals surface area contributed by atoms with E-state index in [9.17, 15) is 4.79 Å². The number of aromatic nitrogens is 2. The fraction of sp³-hybridized carbons (Fsp3) is 0.318. The van der Waals surface area contributed by atoms with Crippen LogP contribution >= 0.6 is 11.6 Å². The number of anilines is 1. The number of rotatable bonds is 7. The molecule has 1 N–H and O–H groups in total. The topological polar surface area (TPSA) is 77.3 Å². The van der Waals surface area contributed by atoms with Crippen molar-refractivity contribution in [2.24, 2.45) is 0 Å². The van der Waals surface area contributed by atoms with Gasteiger partial charge in [0.2, 0.25) is 5.82 Å². The molecule has 7 heteroatoms. The van der Waals surface area contributed by atoms with E-state index in [-0.39, 0.29) is 11.7 Å². The zero-order valence-corrected chi connectivity index (χ0v) is 17.7. The van der Waals surface area contributed by atoms with Crippen LogP contribution in [0.3, 0.4) is 0 Å². The van der Waals surface area contributed by atoms with Crippen LogP contribution in [0.5, 0.6) is 5.75 Å². The van der Waals surface area contributed by atoms with Crippen molar-refractivity contribution in [2.75, 3.05) is 5.32 Å². The zero-order chi connectivity index (χ0) is 21.0. The second-order valence-corrected chi connectivity index (χ2v) is 7.23. The normalized spacial score (nSPS) is 11.9. The number of halogens is 1. The van der Waals surface area contributed by atoms with Crippen LogP contribution in [0.25, 0.3) is 11.3 Å². The van der Waals surface area contributed by atoms with E-state index < -0.39 is 6.10 Å². The summed E-state index contributed by atoms with van der Waals surface area (Å²) in [6.45, 7) is 7.71. The van der Waals surface area contributed by atoms with Crippen molar-refractivity contribution in [1.29, 1.82) is 0 Å². The molecule has 152 valence electrons. The molecule has 2 aromatic carbocycles. The molecule has 1 atom stereocenters.